The van der Waals surface area contributed by atoms with Crippen LogP contribution in [0.15, 0.2) is 72.8 Å². The number of ether oxygens (including phenoxy) is 2. The maximum atomic E-state index is 11.5. The molecule has 0 bridgehead atoms. The second-order valence-corrected chi connectivity index (χ2v) is 7.08. The second kappa shape index (κ2) is 11.0. The minimum atomic E-state index is -0.347. The molecular formula is C27H27NO4. The van der Waals surface area contributed by atoms with E-state index < -0.39 is 0 Å². The van der Waals surface area contributed by atoms with Crippen molar-refractivity contribution in [1.29, 1.82) is 0 Å². The summed E-state index contributed by atoms with van der Waals surface area (Å²) in [5.41, 5.74) is 6.12. The van der Waals surface area contributed by atoms with E-state index in [-0.39, 0.29) is 11.9 Å². The number of hydrogen-bond acceptors (Lipinski definition) is 4. The lowest BCUT2D eigenvalue weighted by Crippen LogP contribution is -2.00. The van der Waals surface area contributed by atoms with Gasteiger partial charge in [-0.1, -0.05) is 36.4 Å². The minimum absolute atomic E-state index is 0.346. The van der Waals surface area contributed by atoms with Gasteiger partial charge in [-0.05, 0) is 73.9 Å². The van der Waals surface area contributed by atoms with E-state index >= 15 is 0 Å². The van der Waals surface area contributed by atoms with Gasteiger partial charge in [0.2, 0.25) is 0 Å². The van der Waals surface area contributed by atoms with Crippen LogP contribution < -0.4 is 0 Å². The van der Waals surface area contributed by atoms with Crippen LogP contribution in [0.1, 0.15) is 30.7 Å². The smallest absolute Gasteiger partial charge is 0.330 e. The highest BCUT2D eigenvalue weighted by atomic mass is 16.5. The average Bonchev–Trinajstić information content (AvgIpc) is 3.19. The molecular weight excluding hydrogens is 402 g/mol. The minimum Gasteiger partial charge on any atom is -0.463 e. The Morgan fingerprint density at radius 1 is 0.750 bits per heavy atom. The van der Waals surface area contributed by atoms with Crippen molar-refractivity contribution in [2.75, 3.05) is 13.2 Å². The summed E-state index contributed by atoms with van der Waals surface area (Å²) in [7, 11) is 0. The first-order valence-electron chi connectivity index (χ1n) is 10.6. The van der Waals surface area contributed by atoms with E-state index in [4.69, 9.17) is 9.47 Å². The molecule has 0 atom stereocenters. The normalized spacial score (nSPS) is 11.2. The zero-order valence-electron chi connectivity index (χ0n) is 18.6. The number of aryl methyl sites for hydroxylation is 1. The third kappa shape index (κ3) is 5.85. The third-order valence-electron chi connectivity index (χ3n) is 4.83. The molecule has 32 heavy (non-hydrogen) atoms. The summed E-state index contributed by atoms with van der Waals surface area (Å²) in [6.07, 6.45) is 6.36. The van der Waals surface area contributed by atoms with Crippen LogP contribution in [0.4, 0.5) is 0 Å². The van der Waals surface area contributed by atoms with Gasteiger partial charge in [0.15, 0.2) is 0 Å². The predicted octanol–water partition coefficient (Wildman–Crippen LogP) is 5.61. The molecule has 0 N–H and O–H groups in total. The van der Waals surface area contributed by atoms with Crippen molar-refractivity contribution in [2.24, 2.45) is 0 Å². The van der Waals surface area contributed by atoms with E-state index in [1.165, 1.54) is 12.2 Å². The zero-order valence-corrected chi connectivity index (χ0v) is 18.6. The fraction of sp³-hybridized carbons (Fsp3) is 0.185. The van der Waals surface area contributed by atoms with Gasteiger partial charge in [-0.2, -0.15) is 0 Å². The molecule has 0 fully saturated rings. The lowest BCUT2D eigenvalue weighted by Gasteiger charge is -2.13. The van der Waals surface area contributed by atoms with E-state index in [1.54, 1.807) is 26.0 Å². The molecule has 0 spiro atoms. The van der Waals surface area contributed by atoms with E-state index in [2.05, 4.69) is 23.6 Å². The van der Waals surface area contributed by atoms with Gasteiger partial charge in [-0.3, -0.25) is 0 Å². The molecule has 0 saturated carbocycles. The summed E-state index contributed by atoms with van der Waals surface area (Å²) in [5, 5.41) is 0. The Morgan fingerprint density at radius 3 is 1.75 bits per heavy atom. The fourth-order valence-corrected chi connectivity index (χ4v) is 3.32. The van der Waals surface area contributed by atoms with E-state index in [1.807, 2.05) is 48.5 Å². The van der Waals surface area contributed by atoms with Crippen molar-refractivity contribution >= 4 is 24.1 Å². The van der Waals surface area contributed by atoms with Crippen LogP contribution in [0, 0.1) is 6.92 Å². The Kier molecular flexibility index (Phi) is 7.81. The second-order valence-electron chi connectivity index (χ2n) is 7.08. The molecule has 3 rings (SSSR count). The van der Waals surface area contributed by atoms with Gasteiger partial charge < -0.3 is 14.0 Å². The molecule has 164 valence electrons. The Hall–Kier alpha value is -3.86. The standard InChI is InChI=1S/C27H27NO4/c1-4-31-26(29)18-11-21-7-13-23(14-8-21)25-17-6-20(3)28(25)24-15-9-22(10-16-24)12-19-27(30)32-5-2/h6-19H,4-5H2,1-3H3/b18-11+,19-12+. The first kappa shape index (κ1) is 22.8. The van der Waals surface area contributed by atoms with Gasteiger partial charge in [0.05, 0.1) is 18.9 Å². The number of benzene rings is 2. The molecule has 0 aliphatic rings. The van der Waals surface area contributed by atoms with Crippen LogP contribution in [0.25, 0.3) is 29.1 Å². The first-order chi connectivity index (χ1) is 15.5. The van der Waals surface area contributed by atoms with Crippen molar-refractivity contribution in [1.82, 2.24) is 4.57 Å². The summed E-state index contributed by atoms with van der Waals surface area (Å²) in [6, 6.07) is 20.2. The molecule has 1 aromatic heterocycles. The molecule has 0 radical (unpaired) electrons. The van der Waals surface area contributed by atoms with Crippen LogP contribution in [-0.4, -0.2) is 29.7 Å². The molecule has 0 saturated heterocycles. The third-order valence-corrected chi connectivity index (χ3v) is 4.83. The van der Waals surface area contributed by atoms with Crippen molar-refractivity contribution in [3.05, 3.63) is 89.6 Å². The number of esters is 2. The van der Waals surface area contributed by atoms with Gasteiger partial charge in [0.25, 0.3) is 0 Å². The highest BCUT2D eigenvalue weighted by molar-refractivity contribution is 5.87. The van der Waals surface area contributed by atoms with Gasteiger partial charge >= 0.3 is 11.9 Å². The van der Waals surface area contributed by atoms with Crippen LogP contribution in [0.3, 0.4) is 0 Å². The molecule has 0 aliphatic carbocycles. The summed E-state index contributed by atoms with van der Waals surface area (Å²) in [4.78, 5) is 23.0. The molecule has 0 unspecified atom stereocenters. The first-order valence-corrected chi connectivity index (χ1v) is 10.6. The summed E-state index contributed by atoms with van der Waals surface area (Å²) in [6.45, 7) is 6.35. The Labute approximate surface area is 188 Å². The molecule has 3 aromatic rings. The number of hydrogen-bond donors (Lipinski definition) is 0. The van der Waals surface area contributed by atoms with Crippen molar-refractivity contribution < 1.29 is 19.1 Å². The summed E-state index contributed by atoms with van der Waals surface area (Å²) >= 11 is 0. The van der Waals surface area contributed by atoms with Crippen LogP contribution in [0.5, 0.6) is 0 Å². The van der Waals surface area contributed by atoms with Crippen LogP contribution in [-0.2, 0) is 19.1 Å². The van der Waals surface area contributed by atoms with Gasteiger partial charge in [-0.15, -0.1) is 0 Å². The highest BCUT2D eigenvalue weighted by Crippen LogP contribution is 2.27. The van der Waals surface area contributed by atoms with E-state index in [0.717, 1.165) is 33.8 Å². The summed E-state index contributed by atoms with van der Waals surface area (Å²) < 4.78 is 12.0. The molecule has 5 nitrogen and oxygen atoms in total. The lowest BCUT2D eigenvalue weighted by molar-refractivity contribution is -0.138. The average molecular weight is 430 g/mol. The van der Waals surface area contributed by atoms with Gasteiger partial charge in [0, 0.05) is 23.5 Å². The van der Waals surface area contributed by atoms with Crippen molar-refractivity contribution in [2.45, 2.75) is 20.8 Å². The molecule has 0 amide bonds. The molecule has 2 aromatic carbocycles. The molecule has 0 aliphatic heterocycles. The Balaban J connectivity index is 1.81. The number of carbonyl (C=O) groups excluding carboxylic acids is 2. The maximum Gasteiger partial charge on any atom is 0.330 e. The summed E-state index contributed by atoms with van der Waals surface area (Å²) in [5.74, 6) is -0.692. The fourth-order valence-electron chi connectivity index (χ4n) is 3.32. The lowest BCUT2D eigenvalue weighted by atomic mass is 10.1. The largest absolute Gasteiger partial charge is 0.463 e. The SMILES string of the molecule is CCOC(=O)/C=C/c1ccc(-c2ccc(C)n2-c2ccc(/C=C/C(=O)OCC)cc2)cc1. The highest BCUT2D eigenvalue weighted by Gasteiger charge is 2.09. The monoisotopic (exact) mass is 429 g/mol. The van der Waals surface area contributed by atoms with Gasteiger partial charge in [-0.25, -0.2) is 9.59 Å². The Bertz CT molecular complexity index is 1120. The van der Waals surface area contributed by atoms with E-state index in [9.17, 15) is 9.59 Å². The predicted molar refractivity (Wildman–Crippen MR) is 127 cm³/mol. The zero-order chi connectivity index (χ0) is 22.9. The number of carbonyl (C=O) groups is 2. The topological polar surface area (TPSA) is 57.5 Å². The number of aromatic nitrogens is 1. The van der Waals surface area contributed by atoms with Gasteiger partial charge in [0.1, 0.15) is 0 Å². The number of rotatable bonds is 8. The molecule has 5 heteroatoms. The number of nitrogens with zero attached hydrogens (tertiary/aromatic N) is 1. The Morgan fingerprint density at radius 2 is 1.25 bits per heavy atom. The van der Waals surface area contributed by atoms with Crippen molar-refractivity contribution in [3.63, 3.8) is 0 Å². The van der Waals surface area contributed by atoms with Crippen molar-refractivity contribution in [3.8, 4) is 16.9 Å². The quantitative estimate of drug-likeness (QED) is 0.345. The maximum absolute atomic E-state index is 11.5. The van der Waals surface area contributed by atoms with E-state index in [0.29, 0.717) is 13.2 Å². The van der Waals surface area contributed by atoms with Crippen LogP contribution in [0.2, 0.25) is 0 Å². The molecule has 1 heterocycles. The van der Waals surface area contributed by atoms with Crippen LogP contribution >= 0.6 is 0 Å².